The molecule has 9 heteroatoms. The number of aromatic nitrogens is 2. The highest BCUT2D eigenvalue weighted by Crippen LogP contribution is 2.29. The van der Waals surface area contributed by atoms with Crippen LogP contribution in [0.3, 0.4) is 0 Å². The second-order valence-corrected chi connectivity index (χ2v) is 8.38. The number of amides is 2. The normalized spacial score (nSPS) is 15.2. The number of hydrogen-bond donors (Lipinski definition) is 2. The Labute approximate surface area is 198 Å². The molecule has 0 bridgehead atoms. The number of nitrogens with zero attached hydrogens (tertiary/aromatic N) is 4. The van der Waals surface area contributed by atoms with Crippen molar-refractivity contribution in [2.24, 2.45) is 5.92 Å². The van der Waals surface area contributed by atoms with Crippen LogP contribution in [0.5, 0.6) is 5.75 Å². The fourth-order valence-corrected chi connectivity index (χ4v) is 3.76. The van der Waals surface area contributed by atoms with E-state index in [1.54, 1.807) is 30.2 Å². The van der Waals surface area contributed by atoms with Gasteiger partial charge in [-0.15, -0.1) is 0 Å². The van der Waals surface area contributed by atoms with Gasteiger partial charge in [-0.05, 0) is 43.3 Å². The predicted octanol–water partition coefficient (Wildman–Crippen LogP) is 3.59. The number of aryl methyl sites for hydroxylation is 1. The van der Waals surface area contributed by atoms with Gasteiger partial charge in [0, 0.05) is 61.9 Å². The van der Waals surface area contributed by atoms with Crippen molar-refractivity contribution >= 4 is 40.6 Å². The fourth-order valence-electron chi connectivity index (χ4n) is 3.76. The molecule has 1 fully saturated rings. The van der Waals surface area contributed by atoms with E-state index in [1.165, 1.54) is 0 Å². The molecule has 2 heterocycles. The summed E-state index contributed by atoms with van der Waals surface area (Å²) in [6.07, 6.45) is 0.168. The highest BCUT2D eigenvalue weighted by atomic mass is 16.5. The van der Waals surface area contributed by atoms with E-state index < -0.39 is 5.92 Å². The molecule has 176 valence electrons. The molecule has 0 aliphatic carbocycles. The van der Waals surface area contributed by atoms with E-state index in [2.05, 4.69) is 20.6 Å². The van der Waals surface area contributed by atoms with Crippen LogP contribution in [0.4, 0.5) is 28.8 Å². The molecule has 2 amide bonds. The molecule has 2 N–H and O–H groups in total. The first-order valence-electron chi connectivity index (χ1n) is 11.0. The van der Waals surface area contributed by atoms with Gasteiger partial charge in [-0.3, -0.25) is 9.59 Å². The molecular formula is C25H28N6O3. The van der Waals surface area contributed by atoms with Crippen molar-refractivity contribution in [3.05, 3.63) is 60.3 Å². The van der Waals surface area contributed by atoms with Crippen LogP contribution < -0.4 is 25.2 Å². The van der Waals surface area contributed by atoms with Gasteiger partial charge in [0.2, 0.25) is 17.8 Å². The number of benzene rings is 2. The van der Waals surface area contributed by atoms with Crippen molar-refractivity contribution in [2.45, 2.75) is 13.3 Å². The summed E-state index contributed by atoms with van der Waals surface area (Å²) in [6.45, 7) is 2.25. The van der Waals surface area contributed by atoms with Crippen LogP contribution in [-0.2, 0) is 9.59 Å². The molecular weight excluding hydrogens is 432 g/mol. The third kappa shape index (κ3) is 5.25. The number of ether oxygens (including phenoxy) is 1. The Morgan fingerprint density at radius 3 is 2.53 bits per heavy atom. The smallest absolute Gasteiger partial charge is 0.229 e. The predicted molar refractivity (Wildman–Crippen MR) is 133 cm³/mol. The molecule has 0 unspecified atom stereocenters. The molecule has 4 rings (SSSR count). The van der Waals surface area contributed by atoms with Crippen LogP contribution in [0, 0.1) is 12.8 Å². The third-order valence-corrected chi connectivity index (χ3v) is 5.57. The number of nitrogens with one attached hydrogen (secondary N) is 2. The summed E-state index contributed by atoms with van der Waals surface area (Å²) < 4.78 is 5.24. The lowest BCUT2D eigenvalue weighted by molar-refractivity contribution is -0.122. The summed E-state index contributed by atoms with van der Waals surface area (Å²) in [4.78, 5) is 37.8. The zero-order chi connectivity index (χ0) is 24.2. The molecule has 9 nitrogen and oxygen atoms in total. The lowest BCUT2D eigenvalue weighted by Crippen LogP contribution is -2.28. The summed E-state index contributed by atoms with van der Waals surface area (Å²) in [5, 5.41) is 6.11. The third-order valence-electron chi connectivity index (χ3n) is 5.57. The van der Waals surface area contributed by atoms with Crippen molar-refractivity contribution in [3.63, 3.8) is 0 Å². The average Bonchev–Trinajstić information content (AvgIpc) is 3.22. The van der Waals surface area contributed by atoms with E-state index in [0.717, 1.165) is 22.9 Å². The van der Waals surface area contributed by atoms with E-state index in [9.17, 15) is 9.59 Å². The Morgan fingerprint density at radius 1 is 1.09 bits per heavy atom. The first-order chi connectivity index (χ1) is 16.3. The highest BCUT2D eigenvalue weighted by molar-refractivity contribution is 6.03. The van der Waals surface area contributed by atoms with E-state index in [0.29, 0.717) is 23.9 Å². The van der Waals surface area contributed by atoms with E-state index in [1.807, 2.05) is 62.3 Å². The number of methoxy groups -OCH3 is 1. The quantitative estimate of drug-likeness (QED) is 0.556. The van der Waals surface area contributed by atoms with Gasteiger partial charge in [-0.25, -0.2) is 4.98 Å². The minimum Gasteiger partial charge on any atom is -0.497 e. The number of rotatable bonds is 7. The monoisotopic (exact) mass is 460 g/mol. The van der Waals surface area contributed by atoms with Crippen molar-refractivity contribution in [2.75, 3.05) is 48.2 Å². The second kappa shape index (κ2) is 9.78. The number of hydrogen-bond acceptors (Lipinski definition) is 7. The highest BCUT2D eigenvalue weighted by Gasteiger charge is 2.35. The van der Waals surface area contributed by atoms with Gasteiger partial charge in [-0.1, -0.05) is 6.07 Å². The van der Waals surface area contributed by atoms with Gasteiger partial charge >= 0.3 is 0 Å². The molecule has 1 aliphatic rings. The lowest BCUT2D eigenvalue weighted by Gasteiger charge is -2.17. The van der Waals surface area contributed by atoms with Crippen LogP contribution in [0.15, 0.2) is 54.6 Å². The summed E-state index contributed by atoms with van der Waals surface area (Å²) in [7, 11) is 5.44. The summed E-state index contributed by atoms with van der Waals surface area (Å²) in [6, 6.07) is 16.5. The van der Waals surface area contributed by atoms with Crippen molar-refractivity contribution < 1.29 is 14.3 Å². The van der Waals surface area contributed by atoms with Gasteiger partial charge in [0.05, 0.1) is 13.0 Å². The zero-order valence-electron chi connectivity index (χ0n) is 19.7. The molecule has 34 heavy (non-hydrogen) atoms. The average molecular weight is 461 g/mol. The van der Waals surface area contributed by atoms with Gasteiger partial charge in [0.15, 0.2) is 0 Å². The summed E-state index contributed by atoms with van der Waals surface area (Å²) in [5.41, 5.74) is 3.04. The number of anilines is 5. The Balaban J connectivity index is 1.38. The first-order valence-corrected chi connectivity index (χ1v) is 11.0. The molecule has 3 aromatic rings. The van der Waals surface area contributed by atoms with Crippen LogP contribution >= 0.6 is 0 Å². The van der Waals surface area contributed by atoms with Crippen molar-refractivity contribution in [1.29, 1.82) is 0 Å². The minimum absolute atomic E-state index is 0.0804. The summed E-state index contributed by atoms with van der Waals surface area (Å²) in [5.74, 6) is 1.29. The Morgan fingerprint density at radius 2 is 1.82 bits per heavy atom. The summed E-state index contributed by atoms with van der Waals surface area (Å²) >= 11 is 0. The Hall–Kier alpha value is -4.14. The number of carbonyl (C=O) groups excluding carboxylic acids is 2. The minimum atomic E-state index is -0.429. The van der Waals surface area contributed by atoms with Crippen LogP contribution in [0.25, 0.3) is 0 Å². The SMILES string of the molecule is COc1cccc(N2C[C@@H](C(=O)Nc3ccc(Nc4nc(C)cc(N(C)C)n4)cc3)CC2=O)c1. The second-order valence-electron chi connectivity index (χ2n) is 8.38. The Kier molecular flexibility index (Phi) is 6.62. The van der Waals surface area contributed by atoms with Crippen LogP contribution in [-0.4, -0.2) is 49.5 Å². The van der Waals surface area contributed by atoms with Gasteiger partial charge in [0.25, 0.3) is 0 Å². The standard InChI is InChI=1S/C25H28N6O3/c1-16-12-22(30(2)3)29-25(26-16)28-19-10-8-18(9-11-19)27-24(33)17-13-23(32)31(15-17)20-6-5-7-21(14-20)34-4/h5-12,14,17H,13,15H2,1-4H3,(H,27,33)(H,26,28,29)/t17-/m0/s1. The molecule has 1 aliphatic heterocycles. The van der Waals surface area contributed by atoms with E-state index >= 15 is 0 Å². The maximum absolute atomic E-state index is 12.8. The van der Waals surface area contributed by atoms with Crippen molar-refractivity contribution in [3.8, 4) is 5.75 Å². The molecule has 0 saturated carbocycles. The molecule has 0 spiro atoms. The first kappa shape index (κ1) is 23.0. The van der Waals surface area contributed by atoms with Gasteiger partial charge in [-0.2, -0.15) is 4.98 Å². The topological polar surface area (TPSA) is 99.7 Å². The van der Waals surface area contributed by atoms with Crippen LogP contribution in [0.1, 0.15) is 12.1 Å². The maximum atomic E-state index is 12.8. The Bertz CT molecular complexity index is 1200. The van der Waals surface area contributed by atoms with Gasteiger partial charge in [0.1, 0.15) is 11.6 Å². The molecule has 1 atom stereocenters. The van der Waals surface area contributed by atoms with Crippen LogP contribution in [0.2, 0.25) is 0 Å². The molecule has 2 aromatic carbocycles. The van der Waals surface area contributed by atoms with E-state index in [4.69, 9.17) is 4.74 Å². The molecule has 0 radical (unpaired) electrons. The lowest BCUT2D eigenvalue weighted by atomic mass is 10.1. The van der Waals surface area contributed by atoms with Gasteiger partial charge < -0.3 is 25.2 Å². The molecule has 1 saturated heterocycles. The van der Waals surface area contributed by atoms with E-state index in [-0.39, 0.29) is 18.2 Å². The zero-order valence-corrected chi connectivity index (χ0v) is 19.7. The number of carbonyl (C=O) groups is 2. The molecule has 1 aromatic heterocycles. The van der Waals surface area contributed by atoms with Crippen molar-refractivity contribution in [1.82, 2.24) is 9.97 Å². The maximum Gasteiger partial charge on any atom is 0.229 e. The fraction of sp³-hybridized carbons (Fsp3) is 0.280. The largest absolute Gasteiger partial charge is 0.497 e.